The molecule has 0 spiro atoms. The number of hydrogen-bond acceptors (Lipinski definition) is 1. The third-order valence-corrected chi connectivity index (χ3v) is 3.66. The number of nitrogens with one attached hydrogen (secondary N) is 1. The molecular formula is C15H19N3O. The molecule has 0 unspecified atom stereocenters. The molecule has 100 valence electrons. The molecule has 0 saturated heterocycles. The van der Waals surface area contributed by atoms with E-state index in [9.17, 15) is 4.79 Å². The van der Waals surface area contributed by atoms with Crippen molar-refractivity contribution in [2.45, 2.75) is 26.4 Å². The zero-order valence-corrected chi connectivity index (χ0v) is 11.2. The number of benzene rings is 1. The minimum absolute atomic E-state index is 0.0540. The molecule has 1 N–H and O–H groups in total. The first-order valence-electron chi connectivity index (χ1n) is 6.89. The van der Waals surface area contributed by atoms with Gasteiger partial charge in [-0.05, 0) is 23.9 Å². The minimum Gasteiger partial charge on any atom is -0.341 e. The molecule has 0 radical (unpaired) electrons. The van der Waals surface area contributed by atoms with Crippen molar-refractivity contribution in [1.82, 2.24) is 14.8 Å². The second kappa shape index (κ2) is 4.96. The summed E-state index contributed by atoms with van der Waals surface area (Å²) in [5, 5.41) is 4.20. The fourth-order valence-corrected chi connectivity index (χ4v) is 2.67. The molecule has 4 heteroatoms. The van der Waals surface area contributed by atoms with Crippen LogP contribution in [0.2, 0.25) is 0 Å². The highest BCUT2D eigenvalue weighted by molar-refractivity contribution is 5.82. The molecule has 1 aromatic carbocycles. The van der Waals surface area contributed by atoms with Crippen molar-refractivity contribution < 1.29 is 4.79 Å². The zero-order valence-electron chi connectivity index (χ0n) is 11.2. The van der Waals surface area contributed by atoms with E-state index in [2.05, 4.69) is 47.1 Å². The quantitative estimate of drug-likeness (QED) is 0.882. The number of aromatic nitrogens is 1. The summed E-state index contributed by atoms with van der Waals surface area (Å²) < 4.78 is 2.32. The molecule has 2 heterocycles. The predicted octanol–water partition coefficient (Wildman–Crippen LogP) is 2.58. The van der Waals surface area contributed by atoms with Gasteiger partial charge >= 0.3 is 6.03 Å². The smallest absolute Gasteiger partial charge is 0.317 e. The number of amides is 2. The Morgan fingerprint density at radius 2 is 2.16 bits per heavy atom. The molecule has 2 amide bonds. The van der Waals surface area contributed by atoms with Crippen LogP contribution < -0.4 is 5.32 Å². The van der Waals surface area contributed by atoms with Gasteiger partial charge in [0, 0.05) is 30.8 Å². The number of hydrogen-bond donors (Lipinski definition) is 1. The van der Waals surface area contributed by atoms with E-state index in [1.165, 1.54) is 16.6 Å². The van der Waals surface area contributed by atoms with Crippen LogP contribution in [0.25, 0.3) is 10.9 Å². The van der Waals surface area contributed by atoms with Crippen molar-refractivity contribution in [2.24, 2.45) is 0 Å². The summed E-state index contributed by atoms with van der Waals surface area (Å²) >= 11 is 0. The maximum Gasteiger partial charge on any atom is 0.317 e. The van der Waals surface area contributed by atoms with Crippen LogP contribution in [0.1, 0.15) is 19.0 Å². The molecule has 0 fully saturated rings. The minimum atomic E-state index is 0.0540. The van der Waals surface area contributed by atoms with Crippen molar-refractivity contribution in [1.29, 1.82) is 0 Å². The maximum absolute atomic E-state index is 12.0. The molecule has 0 aliphatic carbocycles. The number of para-hydroxylation sites is 1. The first-order valence-corrected chi connectivity index (χ1v) is 6.89. The molecule has 1 aliphatic rings. The molecule has 0 bridgehead atoms. The van der Waals surface area contributed by atoms with Crippen LogP contribution in [0.3, 0.4) is 0 Å². The van der Waals surface area contributed by atoms with Gasteiger partial charge in [0.25, 0.3) is 0 Å². The highest BCUT2D eigenvalue weighted by atomic mass is 16.2. The summed E-state index contributed by atoms with van der Waals surface area (Å²) in [5.41, 5.74) is 2.49. The van der Waals surface area contributed by atoms with Gasteiger partial charge in [0.2, 0.25) is 0 Å². The lowest BCUT2D eigenvalue weighted by Crippen LogP contribution is -2.44. The van der Waals surface area contributed by atoms with Crippen molar-refractivity contribution in [3.05, 3.63) is 36.0 Å². The Morgan fingerprint density at radius 3 is 3.00 bits per heavy atom. The standard InChI is InChI=1S/C15H19N3O/c1-2-7-16-15(19)17-8-9-18-13(11-17)10-12-5-3-4-6-14(12)18/h3-6,10H,2,7-9,11H2,1H3,(H,16,19). The van der Waals surface area contributed by atoms with Crippen LogP contribution in [0.15, 0.2) is 30.3 Å². The fourth-order valence-electron chi connectivity index (χ4n) is 2.67. The van der Waals surface area contributed by atoms with Gasteiger partial charge in [0.1, 0.15) is 0 Å². The molecule has 0 atom stereocenters. The van der Waals surface area contributed by atoms with Crippen molar-refractivity contribution in [2.75, 3.05) is 13.1 Å². The monoisotopic (exact) mass is 257 g/mol. The maximum atomic E-state index is 12.0. The Morgan fingerprint density at radius 1 is 1.32 bits per heavy atom. The van der Waals surface area contributed by atoms with E-state index in [0.717, 1.165) is 26.1 Å². The first-order chi connectivity index (χ1) is 9.29. The molecule has 19 heavy (non-hydrogen) atoms. The normalized spacial score (nSPS) is 14.5. The van der Waals surface area contributed by atoms with Crippen LogP contribution in [0.4, 0.5) is 4.79 Å². The van der Waals surface area contributed by atoms with Crippen LogP contribution >= 0.6 is 0 Å². The topological polar surface area (TPSA) is 37.3 Å². The van der Waals surface area contributed by atoms with Crippen LogP contribution in [0.5, 0.6) is 0 Å². The van der Waals surface area contributed by atoms with Crippen molar-refractivity contribution in [3.63, 3.8) is 0 Å². The summed E-state index contributed by atoms with van der Waals surface area (Å²) in [6.45, 7) is 5.17. The van der Waals surface area contributed by atoms with E-state index in [1.807, 2.05) is 4.90 Å². The SMILES string of the molecule is CCCNC(=O)N1CCn2c(cc3ccccc32)C1. The Kier molecular flexibility index (Phi) is 3.15. The number of carbonyl (C=O) groups excluding carboxylic acids is 1. The lowest BCUT2D eigenvalue weighted by atomic mass is 10.2. The zero-order chi connectivity index (χ0) is 13.2. The highest BCUT2D eigenvalue weighted by Gasteiger charge is 2.21. The second-order valence-electron chi connectivity index (χ2n) is 5.00. The van der Waals surface area contributed by atoms with Crippen LogP contribution in [0, 0.1) is 0 Å². The Bertz CT molecular complexity index is 602. The van der Waals surface area contributed by atoms with E-state index in [-0.39, 0.29) is 6.03 Å². The van der Waals surface area contributed by atoms with Crippen LogP contribution in [-0.2, 0) is 13.1 Å². The third-order valence-electron chi connectivity index (χ3n) is 3.66. The van der Waals surface area contributed by atoms with E-state index in [0.29, 0.717) is 6.54 Å². The lowest BCUT2D eigenvalue weighted by molar-refractivity contribution is 0.184. The molecule has 2 aromatic rings. The highest BCUT2D eigenvalue weighted by Crippen LogP contribution is 2.23. The Balaban J connectivity index is 1.82. The second-order valence-corrected chi connectivity index (χ2v) is 5.00. The van der Waals surface area contributed by atoms with Crippen LogP contribution in [-0.4, -0.2) is 28.6 Å². The van der Waals surface area contributed by atoms with E-state index in [1.54, 1.807) is 0 Å². The van der Waals surface area contributed by atoms with E-state index in [4.69, 9.17) is 0 Å². The van der Waals surface area contributed by atoms with Gasteiger partial charge in [-0.3, -0.25) is 0 Å². The number of urea groups is 1. The first kappa shape index (κ1) is 12.1. The molecule has 3 rings (SSSR count). The average molecular weight is 257 g/mol. The molecule has 0 saturated carbocycles. The number of carbonyl (C=O) groups is 1. The van der Waals surface area contributed by atoms with Gasteiger partial charge in [-0.1, -0.05) is 25.1 Å². The summed E-state index contributed by atoms with van der Waals surface area (Å²) in [6.07, 6.45) is 0.972. The number of fused-ring (bicyclic) bond motifs is 3. The summed E-state index contributed by atoms with van der Waals surface area (Å²) in [7, 11) is 0. The van der Waals surface area contributed by atoms with Gasteiger partial charge < -0.3 is 14.8 Å². The number of rotatable bonds is 2. The van der Waals surface area contributed by atoms with E-state index >= 15 is 0 Å². The summed E-state index contributed by atoms with van der Waals surface area (Å²) in [6, 6.07) is 10.6. The third kappa shape index (κ3) is 2.18. The van der Waals surface area contributed by atoms with Gasteiger partial charge in [0.15, 0.2) is 0 Å². The van der Waals surface area contributed by atoms with Crippen molar-refractivity contribution in [3.8, 4) is 0 Å². The average Bonchev–Trinajstić information content (AvgIpc) is 2.82. The lowest BCUT2D eigenvalue weighted by Gasteiger charge is -2.29. The molecule has 1 aliphatic heterocycles. The summed E-state index contributed by atoms with van der Waals surface area (Å²) in [5.74, 6) is 0. The fraction of sp³-hybridized carbons (Fsp3) is 0.400. The Hall–Kier alpha value is -1.97. The van der Waals surface area contributed by atoms with Crippen molar-refractivity contribution >= 4 is 16.9 Å². The van der Waals surface area contributed by atoms with Gasteiger partial charge in [0.05, 0.1) is 6.54 Å². The molecular weight excluding hydrogens is 238 g/mol. The molecule has 4 nitrogen and oxygen atoms in total. The van der Waals surface area contributed by atoms with Gasteiger partial charge in [-0.25, -0.2) is 4.79 Å². The molecule has 1 aromatic heterocycles. The van der Waals surface area contributed by atoms with E-state index < -0.39 is 0 Å². The Labute approximate surface area is 113 Å². The number of nitrogens with zero attached hydrogens (tertiary/aromatic N) is 2. The largest absolute Gasteiger partial charge is 0.341 e. The predicted molar refractivity (Wildman–Crippen MR) is 76.0 cm³/mol. The van der Waals surface area contributed by atoms with Gasteiger partial charge in [-0.15, -0.1) is 0 Å². The summed E-state index contributed by atoms with van der Waals surface area (Å²) in [4.78, 5) is 13.9. The van der Waals surface area contributed by atoms with Gasteiger partial charge in [-0.2, -0.15) is 0 Å².